The van der Waals surface area contributed by atoms with Crippen LogP contribution in [0.2, 0.25) is 0 Å². The number of likely N-dealkylation sites (N-methyl/N-ethyl adjacent to an activating group) is 1. The lowest BCUT2D eigenvalue weighted by Gasteiger charge is -2.34. The number of pyridine rings is 1. The van der Waals surface area contributed by atoms with Crippen LogP contribution in [0.15, 0.2) is 36.4 Å². The molecule has 0 unspecified atom stereocenters. The van der Waals surface area contributed by atoms with Gasteiger partial charge in [-0.15, -0.1) is 0 Å². The van der Waals surface area contributed by atoms with E-state index in [9.17, 15) is 9.18 Å². The SMILES string of the molecule is Cc1cccc(F)c1C1CCN(C(=O)c2cccc(N3CCN(C)CC3)n2)CC1. The third-order valence-corrected chi connectivity index (χ3v) is 6.24. The molecule has 3 heterocycles. The summed E-state index contributed by atoms with van der Waals surface area (Å²) in [5, 5.41) is 0. The van der Waals surface area contributed by atoms with Gasteiger partial charge in [0.1, 0.15) is 17.3 Å². The first-order valence-corrected chi connectivity index (χ1v) is 10.5. The van der Waals surface area contributed by atoms with Gasteiger partial charge >= 0.3 is 0 Å². The van der Waals surface area contributed by atoms with Gasteiger partial charge in [-0.05, 0) is 62.1 Å². The van der Waals surface area contributed by atoms with Crippen molar-refractivity contribution in [1.82, 2.24) is 14.8 Å². The fourth-order valence-corrected chi connectivity index (χ4v) is 4.45. The molecule has 2 aromatic rings. The van der Waals surface area contributed by atoms with Crippen molar-refractivity contribution in [2.24, 2.45) is 0 Å². The smallest absolute Gasteiger partial charge is 0.272 e. The van der Waals surface area contributed by atoms with Gasteiger partial charge in [0.25, 0.3) is 5.91 Å². The van der Waals surface area contributed by atoms with E-state index in [1.165, 1.54) is 6.07 Å². The quantitative estimate of drug-likeness (QED) is 0.798. The van der Waals surface area contributed by atoms with Gasteiger partial charge in [-0.3, -0.25) is 4.79 Å². The van der Waals surface area contributed by atoms with Gasteiger partial charge in [-0.2, -0.15) is 0 Å². The number of amides is 1. The Labute approximate surface area is 172 Å². The molecule has 0 atom stereocenters. The summed E-state index contributed by atoms with van der Waals surface area (Å²) in [5.74, 6) is 0.895. The average molecular weight is 397 g/mol. The van der Waals surface area contributed by atoms with Crippen LogP contribution in [0.25, 0.3) is 0 Å². The number of hydrogen-bond donors (Lipinski definition) is 0. The van der Waals surface area contributed by atoms with Crippen LogP contribution < -0.4 is 4.90 Å². The molecule has 1 amide bonds. The number of hydrogen-bond acceptors (Lipinski definition) is 4. The number of halogens is 1. The summed E-state index contributed by atoms with van der Waals surface area (Å²) in [6.07, 6.45) is 1.57. The maximum atomic E-state index is 14.3. The first-order chi connectivity index (χ1) is 14.0. The van der Waals surface area contributed by atoms with Crippen LogP contribution >= 0.6 is 0 Å². The van der Waals surface area contributed by atoms with Gasteiger partial charge < -0.3 is 14.7 Å². The van der Waals surface area contributed by atoms with E-state index >= 15 is 0 Å². The van der Waals surface area contributed by atoms with E-state index in [1.54, 1.807) is 12.1 Å². The Bertz CT molecular complexity index is 851. The monoisotopic (exact) mass is 396 g/mol. The van der Waals surface area contributed by atoms with Crippen molar-refractivity contribution in [3.05, 3.63) is 59.0 Å². The molecule has 6 heteroatoms. The van der Waals surface area contributed by atoms with Crippen molar-refractivity contribution in [3.63, 3.8) is 0 Å². The predicted octanol–water partition coefficient (Wildman–Crippen LogP) is 3.30. The Morgan fingerprint density at radius 1 is 1.00 bits per heavy atom. The Morgan fingerprint density at radius 2 is 1.69 bits per heavy atom. The molecule has 0 aliphatic carbocycles. The van der Waals surface area contributed by atoms with E-state index in [1.807, 2.05) is 30.0 Å². The first kappa shape index (κ1) is 19.8. The van der Waals surface area contributed by atoms with Gasteiger partial charge in [0.2, 0.25) is 0 Å². The number of carbonyl (C=O) groups is 1. The van der Waals surface area contributed by atoms with E-state index < -0.39 is 0 Å². The molecular formula is C23H29FN4O. The lowest BCUT2D eigenvalue weighted by molar-refractivity contribution is 0.0706. The number of aryl methyl sites for hydroxylation is 1. The highest BCUT2D eigenvalue weighted by Crippen LogP contribution is 2.32. The highest BCUT2D eigenvalue weighted by Gasteiger charge is 2.28. The fraction of sp³-hybridized carbons (Fsp3) is 0.478. The maximum absolute atomic E-state index is 14.3. The number of carbonyl (C=O) groups excluding carboxylic acids is 1. The zero-order valence-corrected chi connectivity index (χ0v) is 17.3. The van der Waals surface area contributed by atoms with Gasteiger partial charge in [-0.25, -0.2) is 9.37 Å². The molecule has 1 aromatic heterocycles. The molecule has 2 fully saturated rings. The van der Waals surface area contributed by atoms with Crippen LogP contribution in [0.4, 0.5) is 10.2 Å². The van der Waals surface area contributed by atoms with Gasteiger partial charge in [0.15, 0.2) is 0 Å². The molecule has 0 radical (unpaired) electrons. The van der Waals surface area contributed by atoms with E-state index in [-0.39, 0.29) is 17.6 Å². The molecule has 5 nitrogen and oxygen atoms in total. The van der Waals surface area contributed by atoms with Crippen LogP contribution in [0, 0.1) is 12.7 Å². The summed E-state index contributed by atoms with van der Waals surface area (Å²) in [6, 6.07) is 11.0. The average Bonchev–Trinajstić information content (AvgIpc) is 2.74. The third-order valence-electron chi connectivity index (χ3n) is 6.24. The van der Waals surface area contributed by atoms with Crippen molar-refractivity contribution in [1.29, 1.82) is 0 Å². The number of piperidine rings is 1. The van der Waals surface area contributed by atoms with Crippen molar-refractivity contribution < 1.29 is 9.18 Å². The second-order valence-corrected chi connectivity index (χ2v) is 8.21. The minimum absolute atomic E-state index is 0.0234. The zero-order chi connectivity index (χ0) is 20.4. The standard InChI is InChI=1S/C23H29FN4O/c1-17-5-3-6-19(24)22(17)18-9-11-28(12-10-18)23(29)20-7-4-8-21(25-20)27-15-13-26(2)14-16-27/h3-8,18H,9-16H2,1-2H3. The molecule has 4 rings (SSSR count). The highest BCUT2D eigenvalue weighted by molar-refractivity contribution is 5.92. The number of piperazine rings is 1. The predicted molar refractivity (Wildman–Crippen MR) is 113 cm³/mol. The summed E-state index contributed by atoms with van der Waals surface area (Å²) in [5.41, 5.74) is 2.31. The maximum Gasteiger partial charge on any atom is 0.272 e. The Hall–Kier alpha value is -2.47. The summed E-state index contributed by atoms with van der Waals surface area (Å²) in [6.45, 7) is 7.09. The molecule has 154 valence electrons. The number of anilines is 1. The van der Waals surface area contributed by atoms with Crippen molar-refractivity contribution in [2.75, 3.05) is 51.2 Å². The second kappa shape index (κ2) is 8.49. The lowest BCUT2D eigenvalue weighted by atomic mass is 9.86. The van der Waals surface area contributed by atoms with Crippen molar-refractivity contribution in [3.8, 4) is 0 Å². The molecule has 0 spiro atoms. The number of aromatic nitrogens is 1. The summed E-state index contributed by atoms with van der Waals surface area (Å²) < 4.78 is 14.3. The van der Waals surface area contributed by atoms with Gasteiger partial charge in [0, 0.05) is 39.3 Å². The molecule has 0 saturated carbocycles. The van der Waals surface area contributed by atoms with Gasteiger partial charge in [-0.1, -0.05) is 18.2 Å². The third kappa shape index (κ3) is 4.27. The minimum atomic E-state index is -0.128. The molecule has 2 aliphatic heterocycles. The molecule has 2 saturated heterocycles. The number of benzene rings is 1. The van der Waals surface area contributed by atoms with Crippen LogP contribution in [0.5, 0.6) is 0 Å². The molecule has 2 aliphatic rings. The normalized spacial score (nSPS) is 18.9. The van der Waals surface area contributed by atoms with Crippen LogP contribution in [0.1, 0.15) is 40.4 Å². The second-order valence-electron chi connectivity index (χ2n) is 8.21. The van der Waals surface area contributed by atoms with Crippen molar-refractivity contribution in [2.45, 2.75) is 25.7 Å². The molecular weight excluding hydrogens is 367 g/mol. The molecule has 29 heavy (non-hydrogen) atoms. The lowest BCUT2D eigenvalue weighted by Crippen LogP contribution is -2.45. The first-order valence-electron chi connectivity index (χ1n) is 10.5. The summed E-state index contributed by atoms with van der Waals surface area (Å²) in [4.78, 5) is 24.1. The van der Waals surface area contributed by atoms with Gasteiger partial charge in [0.05, 0.1) is 0 Å². The Kier molecular flexibility index (Phi) is 5.81. The Morgan fingerprint density at radius 3 is 2.38 bits per heavy atom. The fourth-order valence-electron chi connectivity index (χ4n) is 4.45. The summed E-state index contributed by atoms with van der Waals surface area (Å²) >= 11 is 0. The number of rotatable bonds is 3. The largest absolute Gasteiger partial charge is 0.354 e. The molecule has 0 N–H and O–H groups in total. The van der Waals surface area contributed by atoms with Crippen LogP contribution in [0.3, 0.4) is 0 Å². The molecule has 1 aromatic carbocycles. The topological polar surface area (TPSA) is 39.7 Å². The zero-order valence-electron chi connectivity index (χ0n) is 17.3. The molecule has 0 bridgehead atoms. The van der Waals surface area contributed by atoms with Crippen LogP contribution in [-0.4, -0.2) is 67.0 Å². The van der Waals surface area contributed by atoms with E-state index in [0.29, 0.717) is 18.8 Å². The van der Waals surface area contributed by atoms with Crippen LogP contribution in [-0.2, 0) is 0 Å². The minimum Gasteiger partial charge on any atom is -0.354 e. The number of nitrogens with zero attached hydrogens (tertiary/aromatic N) is 4. The summed E-state index contributed by atoms with van der Waals surface area (Å²) in [7, 11) is 2.12. The van der Waals surface area contributed by atoms with E-state index in [0.717, 1.165) is 56.0 Å². The highest BCUT2D eigenvalue weighted by atomic mass is 19.1. The number of likely N-dealkylation sites (tertiary alicyclic amines) is 1. The van der Waals surface area contributed by atoms with E-state index in [2.05, 4.69) is 21.8 Å². The van der Waals surface area contributed by atoms with Crippen molar-refractivity contribution >= 4 is 11.7 Å². The Balaban J connectivity index is 1.42. The van der Waals surface area contributed by atoms with E-state index in [4.69, 9.17) is 0 Å².